The molecule has 1 aliphatic heterocycles. The third-order valence-corrected chi connectivity index (χ3v) is 6.50. The highest BCUT2D eigenvalue weighted by Gasteiger charge is 2.26. The average molecular weight is 484 g/mol. The number of pyridine rings is 2. The van der Waals surface area contributed by atoms with Crippen LogP contribution in [0.4, 0.5) is 11.5 Å². The second-order valence-corrected chi connectivity index (χ2v) is 8.92. The first kappa shape index (κ1) is 23.6. The summed E-state index contributed by atoms with van der Waals surface area (Å²) in [5.41, 5.74) is 9.98. The second-order valence-electron chi connectivity index (χ2n) is 8.92. The van der Waals surface area contributed by atoms with Crippen molar-refractivity contribution in [2.24, 2.45) is 0 Å². The molecule has 4 aromatic rings. The third-order valence-electron chi connectivity index (χ3n) is 6.50. The monoisotopic (exact) mass is 483 g/mol. The predicted octanol–water partition coefficient (Wildman–Crippen LogP) is 3.55. The van der Waals surface area contributed by atoms with Gasteiger partial charge in [0.05, 0.1) is 48.9 Å². The summed E-state index contributed by atoms with van der Waals surface area (Å²) in [5.74, 6) is 0.928. The second kappa shape index (κ2) is 10.2. The Kier molecular flexibility index (Phi) is 6.73. The van der Waals surface area contributed by atoms with Gasteiger partial charge in [0.2, 0.25) is 0 Å². The molecule has 4 heterocycles. The summed E-state index contributed by atoms with van der Waals surface area (Å²) in [6, 6.07) is 12.9. The topological polar surface area (TPSA) is 110 Å². The van der Waals surface area contributed by atoms with Crippen LogP contribution < -0.4 is 10.6 Å². The van der Waals surface area contributed by atoms with Crippen LogP contribution in [0, 0.1) is 6.92 Å². The summed E-state index contributed by atoms with van der Waals surface area (Å²) in [4.78, 5) is 35.8. The van der Waals surface area contributed by atoms with Crippen molar-refractivity contribution in [3.8, 4) is 0 Å². The minimum absolute atomic E-state index is 0.134. The Balaban J connectivity index is 1.45. The number of benzene rings is 1. The van der Waals surface area contributed by atoms with Crippen LogP contribution in [0.5, 0.6) is 0 Å². The molecule has 9 nitrogen and oxygen atoms in total. The van der Waals surface area contributed by atoms with E-state index in [0.717, 1.165) is 40.9 Å². The number of aromatic nitrogens is 4. The SMILES string of the molecule is Cc1cc2cc(C(=O)N(Cc3ccc(N4CCOCC4)cn3)[C@H](C)c3ncccn3)ccc2nc1N. The first-order chi connectivity index (χ1) is 17.5. The van der Waals surface area contributed by atoms with Crippen LogP contribution in [0.25, 0.3) is 10.9 Å². The van der Waals surface area contributed by atoms with Gasteiger partial charge in [-0.05, 0) is 61.9 Å². The van der Waals surface area contributed by atoms with Crippen molar-refractivity contribution in [1.82, 2.24) is 24.8 Å². The summed E-state index contributed by atoms with van der Waals surface area (Å²) in [5, 5.41) is 0.865. The smallest absolute Gasteiger partial charge is 0.254 e. The Morgan fingerprint density at radius 3 is 2.61 bits per heavy atom. The minimum Gasteiger partial charge on any atom is -0.383 e. The largest absolute Gasteiger partial charge is 0.383 e. The lowest BCUT2D eigenvalue weighted by Crippen LogP contribution is -2.36. The molecule has 1 fully saturated rings. The van der Waals surface area contributed by atoms with Crippen molar-refractivity contribution in [2.45, 2.75) is 26.4 Å². The molecular formula is C27H29N7O2. The maximum absolute atomic E-state index is 13.8. The van der Waals surface area contributed by atoms with Gasteiger partial charge in [-0.25, -0.2) is 15.0 Å². The molecule has 1 saturated heterocycles. The van der Waals surface area contributed by atoms with E-state index in [1.807, 2.05) is 44.3 Å². The van der Waals surface area contributed by atoms with Crippen molar-refractivity contribution in [1.29, 1.82) is 0 Å². The fraction of sp³-hybridized carbons (Fsp3) is 0.296. The Hall–Kier alpha value is -4.11. The zero-order chi connectivity index (χ0) is 25.1. The number of nitrogen functional groups attached to an aromatic ring is 1. The van der Waals surface area contributed by atoms with Crippen LogP contribution in [0.3, 0.4) is 0 Å². The number of aryl methyl sites for hydroxylation is 1. The maximum atomic E-state index is 13.8. The lowest BCUT2D eigenvalue weighted by Gasteiger charge is -2.30. The molecular weight excluding hydrogens is 454 g/mol. The van der Waals surface area contributed by atoms with Gasteiger partial charge in [0.1, 0.15) is 11.6 Å². The number of carbonyl (C=O) groups is 1. The van der Waals surface area contributed by atoms with E-state index in [9.17, 15) is 4.79 Å². The van der Waals surface area contributed by atoms with Crippen molar-refractivity contribution < 1.29 is 9.53 Å². The molecule has 0 radical (unpaired) electrons. The van der Waals surface area contributed by atoms with Gasteiger partial charge in [-0.3, -0.25) is 9.78 Å². The predicted molar refractivity (Wildman–Crippen MR) is 138 cm³/mol. The van der Waals surface area contributed by atoms with E-state index >= 15 is 0 Å². The number of nitrogens with two attached hydrogens (primary N) is 1. The van der Waals surface area contributed by atoms with Crippen LogP contribution in [0.2, 0.25) is 0 Å². The van der Waals surface area contributed by atoms with E-state index in [-0.39, 0.29) is 11.9 Å². The molecule has 1 aromatic carbocycles. The number of hydrogen-bond donors (Lipinski definition) is 1. The number of carbonyl (C=O) groups excluding carboxylic acids is 1. The van der Waals surface area contributed by atoms with E-state index in [1.165, 1.54) is 0 Å². The van der Waals surface area contributed by atoms with Gasteiger partial charge in [-0.2, -0.15) is 0 Å². The molecule has 9 heteroatoms. The van der Waals surface area contributed by atoms with Crippen LogP contribution in [-0.4, -0.2) is 57.0 Å². The molecule has 0 saturated carbocycles. The van der Waals surface area contributed by atoms with E-state index in [1.54, 1.807) is 29.4 Å². The number of hydrogen-bond acceptors (Lipinski definition) is 8. The van der Waals surface area contributed by atoms with Crippen molar-refractivity contribution in [2.75, 3.05) is 36.9 Å². The number of nitrogens with zero attached hydrogens (tertiary/aromatic N) is 6. The van der Waals surface area contributed by atoms with E-state index < -0.39 is 0 Å². The quantitative estimate of drug-likeness (QED) is 0.443. The highest BCUT2D eigenvalue weighted by atomic mass is 16.5. The molecule has 184 valence electrons. The molecule has 0 spiro atoms. The number of amides is 1. The van der Waals surface area contributed by atoms with Crippen molar-refractivity contribution in [3.63, 3.8) is 0 Å². The molecule has 5 rings (SSSR count). The van der Waals surface area contributed by atoms with Gasteiger partial charge in [0.15, 0.2) is 0 Å². The fourth-order valence-electron chi connectivity index (χ4n) is 4.34. The van der Waals surface area contributed by atoms with Gasteiger partial charge in [0.25, 0.3) is 5.91 Å². The molecule has 3 aromatic heterocycles. The molecule has 1 aliphatic rings. The summed E-state index contributed by atoms with van der Waals surface area (Å²) >= 11 is 0. The summed E-state index contributed by atoms with van der Waals surface area (Å²) in [7, 11) is 0. The normalized spacial score (nSPS) is 14.6. The first-order valence-corrected chi connectivity index (χ1v) is 12.0. The summed E-state index contributed by atoms with van der Waals surface area (Å²) in [6.45, 7) is 7.27. The van der Waals surface area contributed by atoms with Crippen LogP contribution in [0.15, 0.2) is 61.1 Å². The molecule has 1 amide bonds. The summed E-state index contributed by atoms with van der Waals surface area (Å²) < 4.78 is 5.45. The molecule has 2 N–H and O–H groups in total. The molecule has 0 aliphatic carbocycles. The fourth-order valence-corrected chi connectivity index (χ4v) is 4.34. The van der Waals surface area contributed by atoms with Gasteiger partial charge in [-0.15, -0.1) is 0 Å². The molecule has 0 unspecified atom stereocenters. The van der Waals surface area contributed by atoms with E-state index in [2.05, 4.69) is 30.9 Å². The number of morpholine rings is 1. The van der Waals surface area contributed by atoms with Crippen LogP contribution in [-0.2, 0) is 11.3 Å². The number of ether oxygens (including phenoxy) is 1. The third kappa shape index (κ3) is 4.96. The molecule has 1 atom stereocenters. The minimum atomic E-state index is -0.360. The standard InChI is InChI=1S/C27H29N7O2/c1-18-14-21-15-20(4-7-24(21)32-25(18)28)27(35)34(19(2)26-29-8-3-9-30-26)17-22-5-6-23(16-31-22)33-10-12-36-13-11-33/h3-9,14-16,19H,10-13,17H2,1-2H3,(H2,28,32)/t19-/m1/s1. The van der Waals surface area contributed by atoms with Gasteiger partial charge < -0.3 is 20.3 Å². The van der Waals surface area contributed by atoms with E-state index in [4.69, 9.17) is 10.5 Å². The average Bonchev–Trinajstić information content (AvgIpc) is 2.93. The number of rotatable bonds is 6. The number of fused-ring (bicyclic) bond motifs is 1. The van der Waals surface area contributed by atoms with Gasteiger partial charge in [0, 0.05) is 36.4 Å². The molecule has 36 heavy (non-hydrogen) atoms. The Labute approximate surface area is 210 Å². The van der Waals surface area contributed by atoms with E-state index in [0.29, 0.717) is 37.0 Å². The maximum Gasteiger partial charge on any atom is 0.254 e. The Morgan fingerprint density at radius 2 is 1.89 bits per heavy atom. The Bertz CT molecular complexity index is 1360. The molecule has 0 bridgehead atoms. The van der Waals surface area contributed by atoms with Crippen molar-refractivity contribution in [3.05, 3.63) is 83.7 Å². The zero-order valence-electron chi connectivity index (χ0n) is 20.5. The Morgan fingerprint density at radius 1 is 1.11 bits per heavy atom. The van der Waals surface area contributed by atoms with Gasteiger partial charge in [-0.1, -0.05) is 0 Å². The lowest BCUT2D eigenvalue weighted by atomic mass is 10.1. The first-order valence-electron chi connectivity index (χ1n) is 12.0. The van der Waals surface area contributed by atoms with Crippen LogP contribution >= 0.6 is 0 Å². The number of anilines is 2. The van der Waals surface area contributed by atoms with Crippen molar-refractivity contribution >= 4 is 28.3 Å². The zero-order valence-corrected chi connectivity index (χ0v) is 20.5. The highest BCUT2D eigenvalue weighted by Crippen LogP contribution is 2.25. The summed E-state index contributed by atoms with van der Waals surface area (Å²) in [6.07, 6.45) is 5.24. The van der Waals surface area contributed by atoms with Crippen LogP contribution in [0.1, 0.15) is 40.4 Å². The highest BCUT2D eigenvalue weighted by molar-refractivity contribution is 5.98. The van der Waals surface area contributed by atoms with Gasteiger partial charge >= 0.3 is 0 Å². The lowest BCUT2D eigenvalue weighted by molar-refractivity contribution is 0.0663.